The Morgan fingerprint density at radius 1 is 1.72 bits per heavy atom. The number of carbonyl (C=O) groups is 1. The number of nitrogens with one attached hydrogen (secondary N) is 1. The second-order valence-electron chi connectivity index (χ2n) is 4.13. The van der Waals surface area contributed by atoms with E-state index in [4.69, 9.17) is 10.6 Å². The van der Waals surface area contributed by atoms with E-state index in [1.165, 1.54) is 0 Å². The lowest BCUT2D eigenvalue weighted by molar-refractivity contribution is 0.0712. The number of carbonyl (C=O) groups excluding carboxylic acids is 1. The zero-order valence-corrected chi connectivity index (χ0v) is 11.6. The van der Waals surface area contributed by atoms with Crippen LogP contribution in [0.25, 0.3) is 0 Å². The molecule has 2 rings (SSSR count). The van der Waals surface area contributed by atoms with Crippen LogP contribution in [0, 0.1) is 0 Å². The molecule has 6 nitrogen and oxygen atoms in total. The molecule has 1 unspecified atom stereocenters. The monoisotopic (exact) mass is 314 g/mol. The molecule has 1 aromatic heterocycles. The van der Waals surface area contributed by atoms with E-state index in [9.17, 15) is 4.79 Å². The van der Waals surface area contributed by atoms with Crippen molar-refractivity contribution in [1.29, 1.82) is 0 Å². The van der Waals surface area contributed by atoms with Crippen LogP contribution in [0.3, 0.4) is 0 Å². The van der Waals surface area contributed by atoms with Gasteiger partial charge in [0, 0.05) is 24.3 Å². The Labute approximate surface area is 114 Å². The van der Waals surface area contributed by atoms with E-state index in [-0.39, 0.29) is 11.9 Å². The van der Waals surface area contributed by atoms with Gasteiger partial charge in [-0.25, -0.2) is 10.8 Å². The molecule has 1 amide bonds. The first-order chi connectivity index (χ1) is 8.63. The molecule has 0 aromatic carbocycles. The topological polar surface area (TPSA) is 80.5 Å². The fourth-order valence-corrected chi connectivity index (χ4v) is 2.23. The molecule has 1 aliphatic heterocycles. The van der Waals surface area contributed by atoms with Crippen LogP contribution < -0.4 is 11.3 Å². The molecular weight excluding hydrogens is 300 g/mol. The number of nitrogens with two attached hydrogens (primary N) is 1. The lowest BCUT2D eigenvalue weighted by Crippen LogP contribution is -2.38. The Kier molecular flexibility index (Phi) is 4.15. The number of hydrogen-bond donors (Lipinski definition) is 2. The summed E-state index contributed by atoms with van der Waals surface area (Å²) in [7, 11) is 1.77. The van der Waals surface area contributed by atoms with Crippen molar-refractivity contribution in [3.05, 3.63) is 22.3 Å². The molecule has 0 saturated carbocycles. The number of nitrogen functional groups attached to an aromatic ring is 1. The highest BCUT2D eigenvalue weighted by Crippen LogP contribution is 2.21. The van der Waals surface area contributed by atoms with Crippen molar-refractivity contribution in [2.45, 2.75) is 12.5 Å². The van der Waals surface area contributed by atoms with Crippen LogP contribution in [-0.4, -0.2) is 42.1 Å². The van der Waals surface area contributed by atoms with E-state index < -0.39 is 0 Å². The van der Waals surface area contributed by atoms with Crippen LogP contribution in [0.1, 0.15) is 16.8 Å². The van der Waals surface area contributed by atoms with Crippen molar-refractivity contribution < 1.29 is 9.53 Å². The zero-order chi connectivity index (χ0) is 13.1. The molecule has 0 spiro atoms. The molecule has 98 valence electrons. The third kappa shape index (κ3) is 2.63. The van der Waals surface area contributed by atoms with Crippen molar-refractivity contribution in [3.63, 3.8) is 0 Å². The summed E-state index contributed by atoms with van der Waals surface area (Å²) in [5.41, 5.74) is 2.88. The maximum Gasteiger partial charge on any atom is 0.257 e. The highest BCUT2D eigenvalue weighted by atomic mass is 79.9. The minimum Gasteiger partial charge on any atom is -0.379 e. The Hall–Kier alpha value is -1.18. The molecular formula is C11H15BrN4O2. The summed E-state index contributed by atoms with van der Waals surface area (Å²) in [5, 5.41) is 0. The largest absolute Gasteiger partial charge is 0.379 e. The predicted octanol–water partition coefficient (Wildman–Crippen LogP) is 0.991. The summed E-state index contributed by atoms with van der Waals surface area (Å²) in [6.45, 7) is 1.27. The van der Waals surface area contributed by atoms with Gasteiger partial charge in [0.2, 0.25) is 0 Å². The second kappa shape index (κ2) is 5.64. The Balaban J connectivity index is 2.24. The molecule has 1 saturated heterocycles. The number of aromatic nitrogens is 1. The molecule has 1 atom stereocenters. The van der Waals surface area contributed by atoms with Gasteiger partial charge in [-0.15, -0.1) is 0 Å². The number of likely N-dealkylation sites (N-methyl/N-ethyl adjacent to an activating group) is 1. The van der Waals surface area contributed by atoms with E-state index in [1.807, 2.05) is 0 Å². The first-order valence-corrected chi connectivity index (χ1v) is 6.40. The Morgan fingerprint density at radius 2 is 2.50 bits per heavy atom. The van der Waals surface area contributed by atoms with Gasteiger partial charge in [0.05, 0.1) is 18.2 Å². The minimum absolute atomic E-state index is 0.113. The van der Waals surface area contributed by atoms with E-state index in [1.54, 1.807) is 24.2 Å². The minimum atomic E-state index is -0.118. The molecule has 3 N–H and O–H groups in total. The highest BCUT2D eigenvalue weighted by molar-refractivity contribution is 9.10. The second-order valence-corrected chi connectivity index (χ2v) is 5.04. The van der Waals surface area contributed by atoms with Crippen LogP contribution in [0.15, 0.2) is 16.7 Å². The average molecular weight is 315 g/mol. The third-order valence-electron chi connectivity index (χ3n) is 3.00. The number of pyridine rings is 1. The lowest BCUT2D eigenvalue weighted by atomic mass is 10.1. The van der Waals surface area contributed by atoms with E-state index in [0.29, 0.717) is 24.6 Å². The van der Waals surface area contributed by atoms with Crippen molar-refractivity contribution in [2.75, 3.05) is 25.7 Å². The molecule has 0 radical (unpaired) electrons. The normalized spacial score (nSPS) is 18.7. The fraction of sp³-hybridized carbons (Fsp3) is 0.455. The number of hydrazine groups is 1. The van der Waals surface area contributed by atoms with Crippen molar-refractivity contribution in [3.8, 4) is 0 Å². The first-order valence-electron chi connectivity index (χ1n) is 5.60. The number of ether oxygens (including phenoxy) is 1. The summed E-state index contributed by atoms with van der Waals surface area (Å²) in [4.78, 5) is 18.1. The van der Waals surface area contributed by atoms with Crippen molar-refractivity contribution in [1.82, 2.24) is 9.88 Å². The number of halogens is 1. The SMILES string of the molecule is CN(C(=O)c1cc(Br)cnc1NN)C1CCOC1. The summed E-state index contributed by atoms with van der Waals surface area (Å²) < 4.78 is 6.02. The molecule has 0 bridgehead atoms. The molecule has 1 aliphatic rings. The number of anilines is 1. The molecule has 0 aliphatic carbocycles. The number of nitrogens with zero attached hydrogens (tertiary/aromatic N) is 2. The molecule has 7 heteroatoms. The van der Waals surface area contributed by atoms with E-state index in [2.05, 4.69) is 26.3 Å². The lowest BCUT2D eigenvalue weighted by Gasteiger charge is -2.24. The number of amides is 1. The number of hydrogen-bond acceptors (Lipinski definition) is 5. The van der Waals surface area contributed by atoms with Gasteiger partial charge in [-0.3, -0.25) is 4.79 Å². The van der Waals surface area contributed by atoms with Crippen LogP contribution in [0.5, 0.6) is 0 Å². The molecule has 1 fully saturated rings. The maximum absolute atomic E-state index is 12.4. The van der Waals surface area contributed by atoms with Crippen LogP contribution in [0.2, 0.25) is 0 Å². The van der Waals surface area contributed by atoms with Crippen molar-refractivity contribution >= 4 is 27.7 Å². The van der Waals surface area contributed by atoms with Gasteiger partial charge < -0.3 is 15.1 Å². The van der Waals surface area contributed by atoms with Gasteiger partial charge in [0.1, 0.15) is 0 Å². The van der Waals surface area contributed by atoms with Crippen molar-refractivity contribution in [2.24, 2.45) is 5.84 Å². The zero-order valence-electron chi connectivity index (χ0n) is 10.0. The smallest absolute Gasteiger partial charge is 0.257 e. The summed E-state index contributed by atoms with van der Waals surface area (Å²) >= 11 is 3.30. The predicted molar refractivity (Wildman–Crippen MR) is 71.1 cm³/mol. The summed E-state index contributed by atoms with van der Waals surface area (Å²) in [6.07, 6.45) is 2.44. The number of rotatable bonds is 3. The van der Waals surface area contributed by atoms with Gasteiger partial charge in [0.15, 0.2) is 5.82 Å². The van der Waals surface area contributed by atoms with Gasteiger partial charge in [-0.1, -0.05) is 0 Å². The first kappa shape index (κ1) is 13.3. The van der Waals surface area contributed by atoms with Crippen LogP contribution >= 0.6 is 15.9 Å². The van der Waals surface area contributed by atoms with Gasteiger partial charge in [0.25, 0.3) is 5.91 Å². The molecule has 18 heavy (non-hydrogen) atoms. The van der Waals surface area contributed by atoms with Crippen LogP contribution in [0.4, 0.5) is 5.82 Å². The van der Waals surface area contributed by atoms with Gasteiger partial charge in [-0.05, 0) is 28.4 Å². The van der Waals surface area contributed by atoms with E-state index >= 15 is 0 Å². The molecule has 1 aromatic rings. The Bertz CT molecular complexity index is 449. The standard InChI is InChI=1S/C11H15BrN4O2/c1-16(8-2-3-18-6-8)11(17)9-4-7(12)5-14-10(9)15-13/h4-5,8H,2-3,6,13H2,1H3,(H,14,15). The maximum atomic E-state index is 12.4. The molecule has 2 heterocycles. The third-order valence-corrected chi connectivity index (χ3v) is 3.43. The fourth-order valence-electron chi connectivity index (χ4n) is 1.90. The Morgan fingerprint density at radius 3 is 3.11 bits per heavy atom. The highest BCUT2D eigenvalue weighted by Gasteiger charge is 2.26. The summed E-state index contributed by atoms with van der Waals surface area (Å²) in [5.74, 6) is 5.62. The van der Waals surface area contributed by atoms with Gasteiger partial charge in [-0.2, -0.15) is 0 Å². The van der Waals surface area contributed by atoms with Crippen LogP contribution in [-0.2, 0) is 4.74 Å². The van der Waals surface area contributed by atoms with E-state index in [0.717, 1.165) is 10.9 Å². The quantitative estimate of drug-likeness (QED) is 0.642. The summed E-state index contributed by atoms with van der Waals surface area (Å²) in [6, 6.07) is 1.82. The average Bonchev–Trinajstić information content (AvgIpc) is 2.90. The van der Waals surface area contributed by atoms with Gasteiger partial charge >= 0.3 is 0 Å².